The van der Waals surface area contributed by atoms with Gasteiger partial charge in [0.1, 0.15) is 0 Å². The van der Waals surface area contributed by atoms with Gasteiger partial charge in [0.25, 0.3) is 5.91 Å². The van der Waals surface area contributed by atoms with E-state index in [9.17, 15) is 4.79 Å². The average molecular weight is 367 g/mol. The average Bonchev–Trinajstić information content (AvgIpc) is 3.18. The lowest BCUT2D eigenvalue weighted by Crippen LogP contribution is -2.52. The Labute approximate surface area is 161 Å². The number of benzene rings is 1. The molecule has 1 spiro atoms. The maximum atomic E-state index is 13.1. The molecule has 0 N–H and O–H groups in total. The Morgan fingerprint density at radius 2 is 1.89 bits per heavy atom. The van der Waals surface area contributed by atoms with E-state index in [1.807, 2.05) is 58.3 Å². The van der Waals surface area contributed by atoms with E-state index >= 15 is 0 Å². The molecular weight excluding hydrogens is 338 g/mol. The first-order valence-corrected chi connectivity index (χ1v) is 10.0. The van der Waals surface area contributed by atoms with Crippen LogP contribution in [0.25, 0.3) is 5.69 Å². The minimum atomic E-state index is 0.0749. The maximum Gasteiger partial charge on any atom is 0.253 e. The summed E-state index contributed by atoms with van der Waals surface area (Å²) in [5.74, 6) is 0.139. The van der Waals surface area contributed by atoms with Crippen LogP contribution in [0.1, 0.15) is 30.1 Å². The zero-order chi connectivity index (χ0) is 18.7. The van der Waals surface area contributed by atoms with Gasteiger partial charge in [-0.15, -0.1) is 0 Å². The molecule has 144 valence electrons. The third kappa shape index (κ3) is 3.94. The highest BCUT2D eigenvalue weighted by Crippen LogP contribution is 2.33. The highest BCUT2D eigenvalue weighted by Gasteiger charge is 2.40. The Balaban J connectivity index is 1.48. The predicted octanol–water partition coefficient (Wildman–Crippen LogP) is 3.05. The third-order valence-electron chi connectivity index (χ3n) is 5.93. The molecule has 3 heterocycles. The van der Waals surface area contributed by atoms with E-state index in [4.69, 9.17) is 4.74 Å². The first-order chi connectivity index (χ1) is 13.2. The Morgan fingerprint density at radius 3 is 2.63 bits per heavy atom. The van der Waals surface area contributed by atoms with Gasteiger partial charge in [0, 0.05) is 55.2 Å². The molecule has 1 atom stereocenters. The van der Waals surface area contributed by atoms with E-state index in [0.29, 0.717) is 0 Å². The number of carbonyl (C=O) groups is 1. The molecule has 1 amide bonds. The van der Waals surface area contributed by atoms with Gasteiger partial charge in [-0.2, -0.15) is 0 Å². The summed E-state index contributed by atoms with van der Waals surface area (Å²) in [6.45, 7) is 8.46. The number of hydrogen-bond acceptors (Lipinski definition) is 3. The second kappa shape index (κ2) is 7.87. The fourth-order valence-corrected chi connectivity index (χ4v) is 4.44. The number of ether oxygens (including phenoxy) is 1. The smallest absolute Gasteiger partial charge is 0.253 e. The van der Waals surface area contributed by atoms with Crippen LogP contribution in [-0.2, 0) is 4.74 Å². The van der Waals surface area contributed by atoms with Gasteiger partial charge in [-0.25, -0.2) is 0 Å². The van der Waals surface area contributed by atoms with Crippen molar-refractivity contribution in [1.82, 2.24) is 14.4 Å². The summed E-state index contributed by atoms with van der Waals surface area (Å²) in [5.41, 5.74) is 1.91. The first kappa shape index (κ1) is 18.3. The molecule has 2 fully saturated rings. The molecule has 0 radical (unpaired) electrons. The summed E-state index contributed by atoms with van der Waals surface area (Å²) < 4.78 is 7.98. The minimum absolute atomic E-state index is 0.0749. The molecule has 0 bridgehead atoms. The number of amides is 1. The van der Waals surface area contributed by atoms with Gasteiger partial charge in [-0.1, -0.05) is 6.92 Å². The molecule has 0 unspecified atom stereocenters. The van der Waals surface area contributed by atoms with Crippen LogP contribution in [0.4, 0.5) is 0 Å². The Bertz CT molecular complexity index is 756. The number of nitrogens with zero attached hydrogens (tertiary/aromatic N) is 3. The Kier molecular flexibility index (Phi) is 5.32. The molecule has 1 aromatic heterocycles. The second-order valence-electron chi connectivity index (χ2n) is 7.89. The SMILES string of the molecule is CCN1CCOC[C@@]2(CCCN(C(=O)c3ccc(-n4cccc4)cc3)C2)C1. The van der Waals surface area contributed by atoms with Crippen LogP contribution < -0.4 is 0 Å². The number of hydrogen-bond donors (Lipinski definition) is 0. The van der Waals surface area contributed by atoms with Crippen LogP contribution in [0.3, 0.4) is 0 Å². The van der Waals surface area contributed by atoms with Crippen LogP contribution >= 0.6 is 0 Å². The van der Waals surface area contributed by atoms with Gasteiger partial charge >= 0.3 is 0 Å². The molecule has 2 saturated heterocycles. The lowest BCUT2D eigenvalue weighted by Gasteiger charge is -2.43. The van der Waals surface area contributed by atoms with Crippen molar-refractivity contribution in [3.8, 4) is 5.69 Å². The van der Waals surface area contributed by atoms with Gasteiger partial charge in [0.15, 0.2) is 0 Å². The number of likely N-dealkylation sites (tertiary alicyclic amines) is 1. The normalized spacial score (nSPS) is 24.1. The first-order valence-electron chi connectivity index (χ1n) is 10.0. The molecule has 5 nitrogen and oxygen atoms in total. The highest BCUT2D eigenvalue weighted by molar-refractivity contribution is 5.94. The summed E-state index contributed by atoms with van der Waals surface area (Å²) in [5, 5.41) is 0. The van der Waals surface area contributed by atoms with Crippen molar-refractivity contribution in [2.24, 2.45) is 5.41 Å². The summed E-state index contributed by atoms with van der Waals surface area (Å²) in [7, 11) is 0. The number of likely N-dealkylation sites (N-methyl/N-ethyl adjacent to an activating group) is 1. The van der Waals surface area contributed by atoms with Crippen molar-refractivity contribution in [1.29, 1.82) is 0 Å². The quantitative estimate of drug-likeness (QED) is 0.837. The van der Waals surface area contributed by atoms with Crippen molar-refractivity contribution in [3.63, 3.8) is 0 Å². The van der Waals surface area contributed by atoms with E-state index < -0.39 is 0 Å². The largest absolute Gasteiger partial charge is 0.379 e. The van der Waals surface area contributed by atoms with Crippen molar-refractivity contribution >= 4 is 5.91 Å². The Morgan fingerprint density at radius 1 is 1.11 bits per heavy atom. The number of carbonyl (C=O) groups excluding carboxylic acids is 1. The fraction of sp³-hybridized carbons (Fsp3) is 0.500. The second-order valence-corrected chi connectivity index (χ2v) is 7.89. The molecule has 2 aliphatic heterocycles. The molecule has 4 rings (SSSR count). The maximum absolute atomic E-state index is 13.1. The van der Waals surface area contributed by atoms with E-state index in [-0.39, 0.29) is 11.3 Å². The zero-order valence-electron chi connectivity index (χ0n) is 16.1. The van der Waals surface area contributed by atoms with Crippen LogP contribution in [0.5, 0.6) is 0 Å². The van der Waals surface area contributed by atoms with Crippen molar-refractivity contribution < 1.29 is 9.53 Å². The molecule has 27 heavy (non-hydrogen) atoms. The fourth-order valence-electron chi connectivity index (χ4n) is 4.44. The summed E-state index contributed by atoms with van der Waals surface area (Å²) in [4.78, 5) is 17.6. The van der Waals surface area contributed by atoms with Crippen molar-refractivity contribution in [3.05, 3.63) is 54.4 Å². The molecule has 0 aliphatic carbocycles. The van der Waals surface area contributed by atoms with Gasteiger partial charge in [-0.3, -0.25) is 4.79 Å². The van der Waals surface area contributed by atoms with E-state index in [0.717, 1.165) is 70.0 Å². The standard InChI is InChI=1S/C22H29N3O2/c1-2-23-14-15-27-18-22(16-23)10-5-13-25(17-22)21(26)19-6-8-20(9-7-19)24-11-3-4-12-24/h3-4,6-9,11-12H,2,5,10,13-18H2,1H3/t22-/m0/s1. The highest BCUT2D eigenvalue weighted by atomic mass is 16.5. The van der Waals surface area contributed by atoms with Crippen LogP contribution in [0.2, 0.25) is 0 Å². The van der Waals surface area contributed by atoms with Crippen LogP contribution in [-0.4, -0.2) is 66.2 Å². The van der Waals surface area contributed by atoms with E-state index in [2.05, 4.69) is 11.8 Å². The molecule has 2 aliphatic rings. The number of piperidine rings is 1. The lowest BCUT2D eigenvalue weighted by molar-refractivity contribution is 0.00767. The van der Waals surface area contributed by atoms with Crippen molar-refractivity contribution in [2.45, 2.75) is 19.8 Å². The predicted molar refractivity (Wildman–Crippen MR) is 106 cm³/mol. The number of rotatable bonds is 3. The topological polar surface area (TPSA) is 37.7 Å². The Hall–Kier alpha value is -2.11. The van der Waals surface area contributed by atoms with Gasteiger partial charge in [0.2, 0.25) is 0 Å². The third-order valence-corrected chi connectivity index (χ3v) is 5.93. The van der Waals surface area contributed by atoms with Crippen LogP contribution in [0, 0.1) is 5.41 Å². The lowest BCUT2D eigenvalue weighted by atomic mass is 9.80. The van der Waals surface area contributed by atoms with Gasteiger partial charge < -0.3 is 19.1 Å². The van der Waals surface area contributed by atoms with E-state index in [1.165, 1.54) is 0 Å². The minimum Gasteiger partial charge on any atom is -0.379 e. The van der Waals surface area contributed by atoms with Gasteiger partial charge in [0.05, 0.1) is 13.2 Å². The van der Waals surface area contributed by atoms with Gasteiger partial charge in [-0.05, 0) is 55.8 Å². The summed E-state index contributed by atoms with van der Waals surface area (Å²) >= 11 is 0. The van der Waals surface area contributed by atoms with Crippen LogP contribution in [0.15, 0.2) is 48.8 Å². The summed E-state index contributed by atoms with van der Waals surface area (Å²) in [6.07, 6.45) is 6.21. The molecule has 1 aromatic carbocycles. The number of aromatic nitrogens is 1. The monoisotopic (exact) mass is 367 g/mol. The molecule has 2 aromatic rings. The molecule has 5 heteroatoms. The molecule has 0 saturated carbocycles. The zero-order valence-corrected chi connectivity index (χ0v) is 16.1. The summed E-state index contributed by atoms with van der Waals surface area (Å²) in [6, 6.07) is 11.9. The molecular formula is C22H29N3O2. The van der Waals surface area contributed by atoms with E-state index in [1.54, 1.807) is 0 Å². The van der Waals surface area contributed by atoms with Crippen molar-refractivity contribution in [2.75, 3.05) is 45.9 Å².